The summed E-state index contributed by atoms with van der Waals surface area (Å²) in [5.41, 5.74) is 5.17. The first-order chi connectivity index (χ1) is 7.44. The second-order valence-corrected chi connectivity index (χ2v) is 5.30. The van der Waals surface area contributed by atoms with Crippen LogP contribution in [0, 0.1) is 5.92 Å². The van der Waals surface area contributed by atoms with Crippen LogP contribution >= 0.6 is 0 Å². The molecule has 1 heterocycles. The van der Waals surface area contributed by atoms with E-state index in [1.54, 1.807) is 0 Å². The normalized spacial score (nSPS) is 27.1. The highest BCUT2D eigenvalue weighted by molar-refractivity contribution is 5.86. The van der Waals surface area contributed by atoms with Gasteiger partial charge in [0.25, 0.3) is 0 Å². The quantitative estimate of drug-likeness (QED) is 0.739. The van der Waals surface area contributed by atoms with E-state index in [-0.39, 0.29) is 11.9 Å². The average Bonchev–Trinajstić information content (AvgIpc) is 2.63. The molecule has 0 aliphatic carbocycles. The molecule has 3 N–H and O–H groups in total. The molecule has 0 aromatic carbocycles. The summed E-state index contributed by atoms with van der Waals surface area (Å²) in [5, 5.41) is 2.97. The molecule has 1 saturated heterocycles. The van der Waals surface area contributed by atoms with Crippen molar-refractivity contribution in [2.24, 2.45) is 11.7 Å². The Hall–Kier alpha value is -0.610. The van der Waals surface area contributed by atoms with Gasteiger partial charge < -0.3 is 15.8 Å². The maximum atomic E-state index is 11.9. The van der Waals surface area contributed by atoms with Crippen molar-refractivity contribution in [3.8, 4) is 0 Å². The molecule has 1 aliphatic rings. The summed E-state index contributed by atoms with van der Waals surface area (Å²) in [7, 11) is 0. The fraction of sp³-hybridized carbons (Fsp3) is 0.917. The molecule has 1 amide bonds. The molecule has 0 bridgehead atoms. The molecule has 2 atom stereocenters. The van der Waals surface area contributed by atoms with Crippen molar-refractivity contribution in [2.45, 2.75) is 51.6 Å². The zero-order chi connectivity index (χ0) is 12.2. The van der Waals surface area contributed by atoms with Crippen LogP contribution in [-0.2, 0) is 9.53 Å². The van der Waals surface area contributed by atoms with Crippen molar-refractivity contribution < 1.29 is 9.53 Å². The fourth-order valence-corrected chi connectivity index (χ4v) is 1.78. The lowest BCUT2D eigenvalue weighted by Crippen LogP contribution is -2.56. The molecule has 1 rings (SSSR count). The molecule has 2 unspecified atom stereocenters. The molecule has 4 heteroatoms. The third-order valence-corrected chi connectivity index (χ3v) is 3.06. The van der Waals surface area contributed by atoms with Crippen LogP contribution in [0.1, 0.15) is 40.0 Å². The van der Waals surface area contributed by atoms with E-state index in [4.69, 9.17) is 10.5 Å². The number of carbonyl (C=O) groups excluding carboxylic acids is 1. The van der Waals surface area contributed by atoms with Gasteiger partial charge in [0.15, 0.2) is 0 Å². The summed E-state index contributed by atoms with van der Waals surface area (Å²) in [6.45, 7) is 7.33. The van der Waals surface area contributed by atoms with Crippen molar-refractivity contribution in [2.75, 3.05) is 13.2 Å². The van der Waals surface area contributed by atoms with Gasteiger partial charge in [0.05, 0.1) is 6.61 Å². The molecule has 0 radical (unpaired) electrons. The zero-order valence-corrected chi connectivity index (χ0v) is 10.6. The SMILES string of the molecule is CC(C)CCC(C)NC(=O)C1(N)CCOC1. The predicted octanol–water partition coefficient (Wildman–Crippen LogP) is 1.05. The minimum Gasteiger partial charge on any atom is -0.379 e. The molecular formula is C12H24N2O2. The van der Waals surface area contributed by atoms with Crippen LogP contribution in [0.5, 0.6) is 0 Å². The highest BCUT2D eigenvalue weighted by atomic mass is 16.5. The lowest BCUT2D eigenvalue weighted by Gasteiger charge is -2.24. The van der Waals surface area contributed by atoms with Gasteiger partial charge in [-0.2, -0.15) is 0 Å². The van der Waals surface area contributed by atoms with Crippen LogP contribution in [0.3, 0.4) is 0 Å². The van der Waals surface area contributed by atoms with Crippen molar-refractivity contribution in [3.63, 3.8) is 0 Å². The highest BCUT2D eigenvalue weighted by Crippen LogP contribution is 2.16. The summed E-state index contributed by atoms with van der Waals surface area (Å²) in [6.07, 6.45) is 2.74. The van der Waals surface area contributed by atoms with Gasteiger partial charge in [-0.15, -0.1) is 0 Å². The Kier molecular flexibility index (Phi) is 4.74. The predicted molar refractivity (Wildman–Crippen MR) is 64.0 cm³/mol. The Morgan fingerprint density at radius 3 is 2.62 bits per heavy atom. The molecule has 0 aromatic rings. The van der Waals surface area contributed by atoms with E-state index in [1.165, 1.54) is 0 Å². The Morgan fingerprint density at radius 1 is 1.44 bits per heavy atom. The molecule has 94 valence electrons. The number of carbonyl (C=O) groups is 1. The Bertz CT molecular complexity index is 235. The summed E-state index contributed by atoms with van der Waals surface area (Å²) in [5.74, 6) is 0.599. The van der Waals surface area contributed by atoms with Crippen LogP contribution in [0.15, 0.2) is 0 Å². The molecule has 16 heavy (non-hydrogen) atoms. The lowest BCUT2D eigenvalue weighted by atomic mass is 9.98. The minimum atomic E-state index is -0.800. The van der Waals surface area contributed by atoms with Gasteiger partial charge in [-0.05, 0) is 32.1 Å². The highest BCUT2D eigenvalue weighted by Gasteiger charge is 2.38. The van der Waals surface area contributed by atoms with Crippen LogP contribution in [0.2, 0.25) is 0 Å². The fourth-order valence-electron chi connectivity index (χ4n) is 1.78. The third kappa shape index (κ3) is 3.76. The smallest absolute Gasteiger partial charge is 0.242 e. The van der Waals surface area contributed by atoms with E-state index in [9.17, 15) is 4.79 Å². The molecular weight excluding hydrogens is 204 g/mol. The maximum absolute atomic E-state index is 11.9. The number of hydrogen-bond donors (Lipinski definition) is 2. The first-order valence-corrected chi connectivity index (χ1v) is 6.11. The Labute approximate surface area is 97.9 Å². The number of ether oxygens (including phenoxy) is 1. The van der Waals surface area contributed by atoms with Gasteiger partial charge >= 0.3 is 0 Å². The van der Waals surface area contributed by atoms with Crippen LogP contribution < -0.4 is 11.1 Å². The average molecular weight is 228 g/mol. The number of nitrogens with one attached hydrogen (secondary N) is 1. The Morgan fingerprint density at radius 2 is 2.12 bits per heavy atom. The second kappa shape index (κ2) is 5.64. The Balaban J connectivity index is 2.33. The standard InChI is InChI=1S/C12H24N2O2/c1-9(2)4-5-10(3)14-11(15)12(13)6-7-16-8-12/h9-10H,4-8,13H2,1-3H3,(H,14,15). The van der Waals surface area contributed by atoms with Gasteiger partial charge in [0.2, 0.25) is 5.91 Å². The number of amides is 1. The van der Waals surface area contributed by atoms with Gasteiger partial charge in [-0.3, -0.25) is 4.79 Å². The molecule has 0 spiro atoms. The zero-order valence-electron chi connectivity index (χ0n) is 10.6. The third-order valence-electron chi connectivity index (χ3n) is 3.06. The van der Waals surface area contributed by atoms with E-state index in [0.717, 1.165) is 12.8 Å². The summed E-state index contributed by atoms with van der Waals surface area (Å²) >= 11 is 0. The monoisotopic (exact) mass is 228 g/mol. The van der Waals surface area contributed by atoms with E-state index < -0.39 is 5.54 Å². The van der Waals surface area contributed by atoms with Crippen LogP contribution in [0.25, 0.3) is 0 Å². The molecule has 4 nitrogen and oxygen atoms in total. The van der Waals surface area contributed by atoms with E-state index >= 15 is 0 Å². The van der Waals surface area contributed by atoms with E-state index in [0.29, 0.717) is 25.6 Å². The van der Waals surface area contributed by atoms with Crippen molar-refractivity contribution in [1.29, 1.82) is 0 Å². The number of nitrogens with two attached hydrogens (primary N) is 1. The molecule has 1 aliphatic heterocycles. The van der Waals surface area contributed by atoms with Crippen molar-refractivity contribution >= 4 is 5.91 Å². The van der Waals surface area contributed by atoms with Gasteiger partial charge in [0, 0.05) is 12.6 Å². The summed E-state index contributed by atoms with van der Waals surface area (Å²) in [6, 6.07) is 0.191. The van der Waals surface area contributed by atoms with Gasteiger partial charge in [0.1, 0.15) is 5.54 Å². The molecule has 1 fully saturated rings. The largest absolute Gasteiger partial charge is 0.379 e. The maximum Gasteiger partial charge on any atom is 0.242 e. The van der Waals surface area contributed by atoms with Gasteiger partial charge in [-0.25, -0.2) is 0 Å². The van der Waals surface area contributed by atoms with Crippen LogP contribution in [-0.4, -0.2) is 30.7 Å². The topological polar surface area (TPSA) is 64.4 Å². The van der Waals surface area contributed by atoms with Gasteiger partial charge in [-0.1, -0.05) is 13.8 Å². The summed E-state index contributed by atoms with van der Waals surface area (Å²) in [4.78, 5) is 11.9. The number of hydrogen-bond acceptors (Lipinski definition) is 3. The molecule has 0 aromatic heterocycles. The molecule has 0 saturated carbocycles. The lowest BCUT2D eigenvalue weighted by molar-refractivity contribution is -0.127. The van der Waals surface area contributed by atoms with E-state index in [2.05, 4.69) is 19.2 Å². The second-order valence-electron chi connectivity index (χ2n) is 5.30. The number of rotatable bonds is 5. The minimum absolute atomic E-state index is 0.0683. The summed E-state index contributed by atoms with van der Waals surface area (Å²) < 4.78 is 5.18. The first-order valence-electron chi connectivity index (χ1n) is 6.11. The first kappa shape index (κ1) is 13.5. The van der Waals surface area contributed by atoms with E-state index in [1.807, 2.05) is 6.92 Å². The van der Waals surface area contributed by atoms with Crippen LogP contribution in [0.4, 0.5) is 0 Å². The van der Waals surface area contributed by atoms with Crippen molar-refractivity contribution in [1.82, 2.24) is 5.32 Å². The van der Waals surface area contributed by atoms with Crippen molar-refractivity contribution in [3.05, 3.63) is 0 Å².